The molecule has 0 radical (unpaired) electrons. The first kappa shape index (κ1) is 69.7. The second-order valence-corrected chi connectivity index (χ2v) is 36.0. The van der Waals surface area contributed by atoms with Gasteiger partial charge in [-0.2, -0.15) is 0 Å². The summed E-state index contributed by atoms with van der Waals surface area (Å²) < 4.78 is 0. The van der Waals surface area contributed by atoms with Crippen LogP contribution in [0.1, 0.15) is 119 Å². The van der Waals surface area contributed by atoms with Crippen molar-refractivity contribution >= 4 is 34.1 Å². The number of anilines is 6. The predicted molar refractivity (Wildman–Crippen MR) is 503 cm³/mol. The summed E-state index contributed by atoms with van der Waals surface area (Å²) in [6, 6.07) is 153. The minimum Gasteiger partial charge on any atom is -0.310 e. The zero-order chi connectivity index (χ0) is 80.6. The smallest absolute Gasteiger partial charge is 0.0731 e. The van der Waals surface area contributed by atoms with E-state index in [1.54, 1.807) is 0 Å². The Morgan fingerprint density at radius 3 is 0.926 bits per heavy atom. The van der Waals surface area contributed by atoms with Gasteiger partial charge in [0.25, 0.3) is 0 Å². The molecule has 2 spiro atoms. The molecule has 25 rings (SSSR count). The van der Waals surface area contributed by atoms with Crippen LogP contribution in [0.5, 0.6) is 0 Å². The van der Waals surface area contributed by atoms with Crippen LogP contribution >= 0.6 is 0 Å². The van der Waals surface area contributed by atoms with Crippen LogP contribution in [0.2, 0.25) is 0 Å². The Labute approximate surface area is 708 Å². The van der Waals surface area contributed by atoms with Gasteiger partial charge < -0.3 is 9.80 Å². The van der Waals surface area contributed by atoms with Crippen molar-refractivity contribution in [3.05, 3.63) is 478 Å². The highest BCUT2D eigenvalue weighted by Gasteiger charge is 2.55. The van der Waals surface area contributed by atoms with E-state index in [4.69, 9.17) is 0 Å². The van der Waals surface area contributed by atoms with Crippen molar-refractivity contribution in [3.63, 3.8) is 0 Å². The van der Waals surface area contributed by atoms with Crippen molar-refractivity contribution in [1.82, 2.24) is 0 Å². The van der Waals surface area contributed by atoms with Crippen LogP contribution in [-0.4, -0.2) is 0 Å². The molecule has 0 N–H and O–H groups in total. The SMILES string of the molecule is CC1(C)c2ccccc2-c2ccc(N(c3ccc(-c4cccc5c4C4(c6ccccc6-c6ccccc64)c4ccccc4-5)cc3)c3ccc4c(c3)C(C)(C)c3ccc(-c5cccc6c5-c5cccc(-c7ccc(N(c8ccc9c(c8)C(C)(C)c8ccccc8-9)c8ccccc8-c8ccccc8)cc7)c5C65c6ccccc6-c6ccccc65)cc3-4)cc21. The maximum atomic E-state index is 2.53. The average Bonchev–Trinajstić information content (AvgIpc) is 1.50. The number of hydrogen-bond acceptors (Lipinski definition) is 2. The average molecular weight is 1540 g/mol. The fourth-order valence-corrected chi connectivity index (χ4v) is 23.8. The highest BCUT2D eigenvalue weighted by atomic mass is 15.2. The summed E-state index contributed by atoms with van der Waals surface area (Å²) in [5.41, 5.74) is 51.5. The Balaban J connectivity index is 0.622. The fourth-order valence-electron chi connectivity index (χ4n) is 23.8. The van der Waals surface area contributed by atoms with E-state index in [1.165, 1.54) is 200 Å². The third kappa shape index (κ3) is 9.37. The van der Waals surface area contributed by atoms with Gasteiger partial charge in [0, 0.05) is 50.2 Å². The van der Waals surface area contributed by atoms with Gasteiger partial charge in [-0.25, -0.2) is 0 Å². The number of fused-ring (bicyclic) bond motifs is 29. The van der Waals surface area contributed by atoms with Crippen LogP contribution in [0.4, 0.5) is 34.1 Å². The third-order valence-corrected chi connectivity index (χ3v) is 29.1. The number of para-hydroxylation sites is 1. The molecule has 0 atom stereocenters. The van der Waals surface area contributed by atoms with Gasteiger partial charge in [0.2, 0.25) is 0 Å². The molecule has 7 aliphatic carbocycles. The van der Waals surface area contributed by atoms with Crippen LogP contribution in [0.3, 0.4) is 0 Å². The molecular formula is C119H84N2. The van der Waals surface area contributed by atoms with Gasteiger partial charge >= 0.3 is 0 Å². The van der Waals surface area contributed by atoms with Gasteiger partial charge in [0.15, 0.2) is 0 Å². The number of hydrogen-bond donors (Lipinski definition) is 0. The number of nitrogens with zero attached hydrogens (tertiary/aromatic N) is 2. The van der Waals surface area contributed by atoms with E-state index < -0.39 is 10.8 Å². The molecule has 18 aromatic carbocycles. The first-order valence-electron chi connectivity index (χ1n) is 42.9. The van der Waals surface area contributed by atoms with Crippen LogP contribution in [-0.2, 0) is 27.1 Å². The molecule has 2 nitrogen and oxygen atoms in total. The van der Waals surface area contributed by atoms with Crippen molar-refractivity contribution in [2.24, 2.45) is 0 Å². The first-order chi connectivity index (χ1) is 59.3. The van der Waals surface area contributed by atoms with Gasteiger partial charge in [-0.1, -0.05) is 369 Å². The van der Waals surface area contributed by atoms with Crippen molar-refractivity contribution in [2.45, 2.75) is 68.6 Å². The van der Waals surface area contributed by atoms with Gasteiger partial charge in [-0.3, -0.25) is 0 Å². The minimum atomic E-state index is -0.628. The van der Waals surface area contributed by atoms with Crippen molar-refractivity contribution < 1.29 is 0 Å². The van der Waals surface area contributed by atoms with Crippen LogP contribution in [0, 0.1) is 0 Å². The molecule has 121 heavy (non-hydrogen) atoms. The van der Waals surface area contributed by atoms with Crippen LogP contribution < -0.4 is 9.80 Å². The van der Waals surface area contributed by atoms with Gasteiger partial charge in [-0.05, 0) is 268 Å². The molecule has 0 heterocycles. The second kappa shape index (κ2) is 25.3. The summed E-state index contributed by atoms with van der Waals surface area (Å²) in [7, 11) is 0. The third-order valence-electron chi connectivity index (χ3n) is 29.1. The molecular weight excluding hydrogens is 1460 g/mol. The fraction of sp³-hybridized carbons (Fsp3) is 0.0924. The Morgan fingerprint density at radius 2 is 0.446 bits per heavy atom. The van der Waals surface area contributed by atoms with Crippen molar-refractivity contribution in [2.75, 3.05) is 9.80 Å². The number of benzene rings is 18. The van der Waals surface area contributed by atoms with E-state index in [1.807, 2.05) is 0 Å². The van der Waals surface area contributed by atoms with E-state index in [0.717, 1.165) is 34.1 Å². The van der Waals surface area contributed by atoms with E-state index in [-0.39, 0.29) is 16.2 Å². The lowest BCUT2D eigenvalue weighted by Gasteiger charge is -2.32. The van der Waals surface area contributed by atoms with Gasteiger partial charge in [0.05, 0.1) is 16.5 Å². The normalized spacial score (nSPS) is 15.0. The van der Waals surface area contributed by atoms with Gasteiger partial charge in [-0.15, -0.1) is 0 Å². The maximum Gasteiger partial charge on any atom is 0.0731 e. The summed E-state index contributed by atoms with van der Waals surface area (Å²) in [4.78, 5) is 5.02. The Kier molecular flexibility index (Phi) is 14.6. The molecule has 0 bridgehead atoms. The lowest BCUT2D eigenvalue weighted by Crippen LogP contribution is -2.26. The second-order valence-electron chi connectivity index (χ2n) is 36.0. The molecule has 0 saturated heterocycles. The Hall–Kier alpha value is -14.4. The lowest BCUT2D eigenvalue weighted by atomic mass is 9.68. The first-order valence-corrected chi connectivity index (χ1v) is 42.9. The molecule has 0 fully saturated rings. The van der Waals surface area contributed by atoms with Crippen LogP contribution in [0.15, 0.2) is 400 Å². The Morgan fingerprint density at radius 1 is 0.157 bits per heavy atom. The van der Waals surface area contributed by atoms with E-state index in [2.05, 4.69) is 452 Å². The summed E-state index contributed by atoms with van der Waals surface area (Å²) in [5, 5.41) is 0. The van der Waals surface area contributed by atoms with E-state index in [9.17, 15) is 0 Å². The summed E-state index contributed by atoms with van der Waals surface area (Å²) in [5.74, 6) is 0. The number of rotatable bonds is 10. The predicted octanol–water partition coefficient (Wildman–Crippen LogP) is 30.9. The maximum absolute atomic E-state index is 2.53. The molecule has 7 aliphatic rings. The zero-order valence-corrected chi connectivity index (χ0v) is 68.5. The summed E-state index contributed by atoms with van der Waals surface area (Å²) >= 11 is 0. The summed E-state index contributed by atoms with van der Waals surface area (Å²) in [6.45, 7) is 14.4. The topological polar surface area (TPSA) is 6.48 Å². The highest BCUT2D eigenvalue weighted by molar-refractivity contribution is 6.05. The Bertz CT molecular complexity index is 7380. The monoisotopic (exact) mass is 1540 g/mol. The lowest BCUT2D eigenvalue weighted by molar-refractivity contribution is 0.660. The van der Waals surface area contributed by atoms with E-state index in [0.29, 0.717) is 0 Å². The molecule has 0 saturated carbocycles. The molecule has 18 aromatic rings. The standard InChI is InChI=1S/C119H84N2/c1-115(2)99-44-18-10-32-86(99)93-65-62-79(70-108(93)115)120(77-58-53-74(54-59-77)84-40-26-42-96-92-38-16-24-50-106(92)118(113(84)96)102-46-20-12-34-88(102)89-35-13-21-47-103(89)118)80-63-67-95-98-69-76(57-68-101(98)117(5,6)110(95)71-80)83-39-28-51-107-112(83)97-43-27-41-85(114(97)119(107)104-48-22-14-36-90(104)91-37-15-23-49-105(91)119)75-55-60-78(61-56-75)121(111-52-25-17-31-82(111)73-29-8-7-9-30-73)81-64-66-94-87-33-11-19-45-100(87)116(3,4)109(94)72-81/h7-72H,1-6H3. The zero-order valence-electron chi connectivity index (χ0n) is 68.5. The molecule has 0 aliphatic heterocycles. The summed E-state index contributed by atoms with van der Waals surface area (Å²) in [6.07, 6.45) is 0. The van der Waals surface area contributed by atoms with Crippen molar-refractivity contribution in [1.29, 1.82) is 0 Å². The molecule has 2 heteroatoms. The quantitative estimate of drug-likeness (QED) is 0.135. The van der Waals surface area contributed by atoms with Crippen molar-refractivity contribution in [3.8, 4) is 122 Å². The minimum absolute atomic E-state index is 0.177. The largest absolute Gasteiger partial charge is 0.310 e. The molecule has 0 amide bonds. The van der Waals surface area contributed by atoms with Crippen LogP contribution in [0.25, 0.3) is 122 Å². The van der Waals surface area contributed by atoms with E-state index >= 15 is 0 Å². The molecule has 570 valence electrons. The highest BCUT2D eigenvalue weighted by Crippen LogP contribution is 2.69. The molecule has 0 aromatic heterocycles. The molecule has 0 unspecified atom stereocenters. The van der Waals surface area contributed by atoms with Gasteiger partial charge in [0.1, 0.15) is 0 Å².